The predicted molar refractivity (Wildman–Crippen MR) is 74.6 cm³/mol. The number of rotatable bonds is 3. The first-order valence-corrected chi connectivity index (χ1v) is 7.54. The number of carbonyl (C=O) groups excluding carboxylic acids is 2. The molecule has 3 unspecified atom stereocenters. The molecule has 2 aliphatic rings. The van der Waals surface area contributed by atoms with Crippen molar-refractivity contribution in [3.05, 3.63) is 0 Å². The topological polar surface area (TPSA) is 49.4 Å². The Bertz CT molecular complexity index is 374. The lowest BCUT2D eigenvalue weighted by Gasteiger charge is -2.48. The van der Waals surface area contributed by atoms with Crippen LogP contribution in [-0.4, -0.2) is 34.3 Å². The SMILES string of the molecule is CCC(C)C1NC(=O)C(C)N(C2(C)CCCC2)C1=O. The third-order valence-corrected chi connectivity index (χ3v) is 5.04. The van der Waals surface area contributed by atoms with Gasteiger partial charge in [0.1, 0.15) is 12.1 Å². The van der Waals surface area contributed by atoms with Crippen LogP contribution in [0, 0.1) is 5.92 Å². The molecular weight excluding hydrogens is 240 g/mol. The molecule has 1 saturated carbocycles. The number of carbonyl (C=O) groups is 2. The molecule has 0 radical (unpaired) electrons. The summed E-state index contributed by atoms with van der Waals surface area (Å²) in [7, 11) is 0. The highest BCUT2D eigenvalue weighted by atomic mass is 16.2. The molecule has 1 aliphatic carbocycles. The summed E-state index contributed by atoms with van der Waals surface area (Å²) in [6.45, 7) is 8.09. The second-order valence-corrected chi connectivity index (χ2v) is 6.46. The highest BCUT2D eigenvalue weighted by Gasteiger charge is 2.48. The summed E-state index contributed by atoms with van der Waals surface area (Å²) >= 11 is 0. The van der Waals surface area contributed by atoms with Gasteiger partial charge in [-0.1, -0.05) is 33.1 Å². The van der Waals surface area contributed by atoms with Crippen LogP contribution < -0.4 is 5.32 Å². The van der Waals surface area contributed by atoms with Gasteiger partial charge < -0.3 is 10.2 Å². The van der Waals surface area contributed by atoms with Gasteiger partial charge in [-0.3, -0.25) is 9.59 Å². The van der Waals surface area contributed by atoms with E-state index < -0.39 is 0 Å². The molecule has 19 heavy (non-hydrogen) atoms. The van der Waals surface area contributed by atoms with Crippen molar-refractivity contribution < 1.29 is 9.59 Å². The van der Waals surface area contributed by atoms with Crippen molar-refractivity contribution in [2.75, 3.05) is 0 Å². The van der Waals surface area contributed by atoms with Crippen LogP contribution in [-0.2, 0) is 9.59 Å². The number of hydrogen-bond acceptors (Lipinski definition) is 2. The lowest BCUT2D eigenvalue weighted by molar-refractivity contribution is -0.157. The Morgan fingerprint density at radius 2 is 1.95 bits per heavy atom. The fourth-order valence-corrected chi connectivity index (χ4v) is 3.53. The Hall–Kier alpha value is -1.06. The first-order chi connectivity index (χ1) is 8.90. The van der Waals surface area contributed by atoms with E-state index >= 15 is 0 Å². The Kier molecular flexibility index (Phi) is 3.88. The Morgan fingerprint density at radius 1 is 1.37 bits per heavy atom. The molecule has 1 heterocycles. The summed E-state index contributed by atoms with van der Waals surface area (Å²) in [6, 6.07) is -0.679. The van der Waals surface area contributed by atoms with Crippen LogP contribution in [0.1, 0.15) is 59.8 Å². The quantitative estimate of drug-likeness (QED) is 0.850. The third kappa shape index (κ3) is 2.37. The maximum atomic E-state index is 12.8. The third-order valence-electron chi connectivity index (χ3n) is 5.04. The molecule has 0 aromatic rings. The second-order valence-electron chi connectivity index (χ2n) is 6.46. The van der Waals surface area contributed by atoms with E-state index in [9.17, 15) is 9.59 Å². The van der Waals surface area contributed by atoms with Gasteiger partial charge in [-0.15, -0.1) is 0 Å². The van der Waals surface area contributed by atoms with Crippen molar-refractivity contribution in [2.24, 2.45) is 5.92 Å². The van der Waals surface area contributed by atoms with Gasteiger partial charge in [-0.25, -0.2) is 0 Å². The summed E-state index contributed by atoms with van der Waals surface area (Å²) in [5.74, 6) is 0.306. The van der Waals surface area contributed by atoms with Gasteiger partial charge >= 0.3 is 0 Å². The van der Waals surface area contributed by atoms with Gasteiger partial charge in [0.05, 0.1) is 0 Å². The minimum Gasteiger partial charge on any atom is -0.342 e. The van der Waals surface area contributed by atoms with Gasteiger partial charge in [-0.2, -0.15) is 0 Å². The monoisotopic (exact) mass is 266 g/mol. The van der Waals surface area contributed by atoms with Crippen LogP contribution in [0.25, 0.3) is 0 Å². The van der Waals surface area contributed by atoms with Crippen LogP contribution in [0.4, 0.5) is 0 Å². The molecule has 3 atom stereocenters. The predicted octanol–water partition coefficient (Wildman–Crippen LogP) is 2.08. The molecule has 0 spiro atoms. The number of piperazine rings is 1. The van der Waals surface area contributed by atoms with E-state index in [4.69, 9.17) is 0 Å². The average molecular weight is 266 g/mol. The molecule has 108 valence electrons. The van der Waals surface area contributed by atoms with Crippen molar-refractivity contribution in [2.45, 2.75) is 77.4 Å². The van der Waals surface area contributed by atoms with Gasteiger partial charge in [0.2, 0.25) is 11.8 Å². The van der Waals surface area contributed by atoms with Crippen molar-refractivity contribution in [1.29, 1.82) is 0 Å². The Labute approximate surface area is 115 Å². The van der Waals surface area contributed by atoms with Crippen LogP contribution in [0.3, 0.4) is 0 Å². The molecule has 2 amide bonds. The molecule has 2 fully saturated rings. The van der Waals surface area contributed by atoms with Gasteiger partial charge in [-0.05, 0) is 32.6 Å². The van der Waals surface area contributed by atoms with Crippen LogP contribution in [0.2, 0.25) is 0 Å². The van der Waals surface area contributed by atoms with Crippen molar-refractivity contribution in [3.8, 4) is 0 Å². The summed E-state index contributed by atoms with van der Waals surface area (Å²) in [6.07, 6.45) is 5.24. The Balaban J connectivity index is 2.28. The molecule has 2 rings (SSSR count). The zero-order valence-electron chi connectivity index (χ0n) is 12.5. The van der Waals surface area contributed by atoms with E-state index in [1.165, 1.54) is 0 Å². The van der Waals surface area contributed by atoms with E-state index in [1.54, 1.807) is 0 Å². The van der Waals surface area contributed by atoms with E-state index in [0.29, 0.717) is 0 Å². The first-order valence-electron chi connectivity index (χ1n) is 7.54. The zero-order chi connectivity index (χ0) is 14.2. The van der Waals surface area contributed by atoms with Gasteiger partial charge in [0, 0.05) is 5.54 Å². The van der Waals surface area contributed by atoms with E-state index in [-0.39, 0.29) is 35.4 Å². The van der Waals surface area contributed by atoms with Crippen LogP contribution in [0.5, 0.6) is 0 Å². The van der Waals surface area contributed by atoms with Crippen molar-refractivity contribution >= 4 is 11.8 Å². The maximum Gasteiger partial charge on any atom is 0.246 e. The normalized spacial score (nSPS) is 32.3. The fraction of sp³-hybridized carbons (Fsp3) is 0.867. The smallest absolute Gasteiger partial charge is 0.246 e. The summed E-state index contributed by atoms with van der Waals surface area (Å²) in [5, 5.41) is 2.91. The number of nitrogens with zero attached hydrogens (tertiary/aromatic N) is 1. The van der Waals surface area contributed by atoms with Crippen molar-refractivity contribution in [1.82, 2.24) is 10.2 Å². The average Bonchev–Trinajstić information content (AvgIpc) is 2.80. The number of nitrogens with one attached hydrogen (secondary N) is 1. The summed E-state index contributed by atoms with van der Waals surface area (Å²) < 4.78 is 0. The van der Waals surface area contributed by atoms with E-state index in [2.05, 4.69) is 19.2 Å². The lowest BCUT2D eigenvalue weighted by Crippen LogP contribution is -2.68. The molecule has 4 nitrogen and oxygen atoms in total. The molecule has 1 saturated heterocycles. The van der Waals surface area contributed by atoms with Gasteiger partial charge in [0.15, 0.2) is 0 Å². The molecule has 0 aromatic heterocycles. The van der Waals surface area contributed by atoms with E-state index in [0.717, 1.165) is 32.1 Å². The van der Waals surface area contributed by atoms with Crippen LogP contribution in [0.15, 0.2) is 0 Å². The minimum absolute atomic E-state index is 0.00183. The van der Waals surface area contributed by atoms with E-state index in [1.807, 2.05) is 18.7 Å². The lowest BCUT2D eigenvalue weighted by atomic mass is 9.88. The molecule has 4 heteroatoms. The zero-order valence-corrected chi connectivity index (χ0v) is 12.5. The maximum absolute atomic E-state index is 12.8. The molecule has 1 aliphatic heterocycles. The molecule has 0 aromatic carbocycles. The molecular formula is C15H26N2O2. The molecule has 0 bridgehead atoms. The number of hydrogen-bond donors (Lipinski definition) is 1. The largest absolute Gasteiger partial charge is 0.342 e. The summed E-state index contributed by atoms with van der Waals surface area (Å²) in [5.41, 5.74) is -0.125. The van der Waals surface area contributed by atoms with Crippen molar-refractivity contribution in [3.63, 3.8) is 0 Å². The minimum atomic E-state index is -0.342. The van der Waals surface area contributed by atoms with Crippen LogP contribution >= 0.6 is 0 Å². The Morgan fingerprint density at radius 3 is 2.47 bits per heavy atom. The number of amides is 2. The molecule has 1 N–H and O–H groups in total. The second kappa shape index (κ2) is 5.14. The summed E-state index contributed by atoms with van der Waals surface area (Å²) in [4.78, 5) is 26.8. The highest BCUT2D eigenvalue weighted by molar-refractivity contribution is 5.97. The highest BCUT2D eigenvalue weighted by Crippen LogP contribution is 2.38. The standard InChI is InChI=1S/C15H26N2O2/c1-5-10(2)12-14(19)17(11(3)13(18)16-12)15(4)8-6-7-9-15/h10-12H,5-9H2,1-4H3,(H,16,18). The van der Waals surface area contributed by atoms with Gasteiger partial charge in [0.25, 0.3) is 0 Å². The first kappa shape index (κ1) is 14.4. The fourth-order valence-electron chi connectivity index (χ4n) is 3.53.